The molecule has 3 heteroatoms. The van der Waals surface area contributed by atoms with Crippen molar-refractivity contribution in [1.29, 1.82) is 0 Å². The van der Waals surface area contributed by atoms with E-state index in [1.165, 1.54) is 19.3 Å². The second-order valence-electron chi connectivity index (χ2n) is 4.77. The largest absolute Gasteiger partial charge is 0.338 e. The van der Waals surface area contributed by atoms with Gasteiger partial charge in [0.05, 0.1) is 0 Å². The standard InChI is InChI=1S/C10H18N2O/c1-10(5-2-6-10)7-11-9(13)12-8-3-4-8/h8H,2-7H2,1H3,(H2,11,12,13). The summed E-state index contributed by atoms with van der Waals surface area (Å²) < 4.78 is 0. The van der Waals surface area contributed by atoms with E-state index in [1.807, 2.05) is 0 Å². The van der Waals surface area contributed by atoms with E-state index in [9.17, 15) is 4.79 Å². The molecule has 0 aliphatic heterocycles. The van der Waals surface area contributed by atoms with Crippen LogP contribution in [0, 0.1) is 5.41 Å². The molecule has 0 aromatic rings. The van der Waals surface area contributed by atoms with Crippen molar-refractivity contribution < 1.29 is 4.79 Å². The fraction of sp³-hybridized carbons (Fsp3) is 0.900. The molecule has 0 aromatic carbocycles. The van der Waals surface area contributed by atoms with Crippen LogP contribution in [0.15, 0.2) is 0 Å². The third kappa shape index (κ3) is 2.36. The molecule has 2 fully saturated rings. The Morgan fingerprint density at radius 1 is 1.46 bits per heavy atom. The van der Waals surface area contributed by atoms with Gasteiger partial charge >= 0.3 is 6.03 Å². The summed E-state index contributed by atoms with van der Waals surface area (Å²) in [5, 5.41) is 5.87. The van der Waals surface area contributed by atoms with Crippen molar-refractivity contribution >= 4 is 6.03 Å². The van der Waals surface area contributed by atoms with E-state index in [4.69, 9.17) is 0 Å². The van der Waals surface area contributed by atoms with E-state index in [-0.39, 0.29) is 6.03 Å². The first-order valence-corrected chi connectivity index (χ1v) is 5.22. The van der Waals surface area contributed by atoms with E-state index in [1.54, 1.807) is 0 Å². The van der Waals surface area contributed by atoms with Crippen LogP contribution in [-0.2, 0) is 0 Å². The molecule has 74 valence electrons. The van der Waals surface area contributed by atoms with Crippen molar-refractivity contribution in [1.82, 2.24) is 10.6 Å². The lowest BCUT2D eigenvalue weighted by Gasteiger charge is -2.38. The Bertz CT molecular complexity index is 207. The number of carbonyl (C=O) groups excluding carboxylic acids is 1. The molecular weight excluding hydrogens is 164 g/mol. The highest BCUT2D eigenvalue weighted by molar-refractivity contribution is 5.74. The van der Waals surface area contributed by atoms with Crippen LogP contribution >= 0.6 is 0 Å². The van der Waals surface area contributed by atoms with Crippen LogP contribution in [0.4, 0.5) is 4.79 Å². The van der Waals surface area contributed by atoms with Gasteiger partial charge < -0.3 is 10.6 Å². The Balaban J connectivity index is 1.63. The second kappa shape index (κ2) is 3.20. The maximum Gasteiger partial charge on any atom is 0.315 e. The first-order valence-electron chi connectivity index (χ1n) is 5.22. The van der Waals surface area contributed by atoms with Crippen LogP contribution in [0.25, 0.3) is 0 Å². The van der Waals surface area contributed by atoms with Crippen molar-refractivity contribution in [3.05, 3.63) is 0 Å². The Labute approximate surface area is 79.3 Å². The van der Waals surface area contributed by atoms with Crippen LogP contribution in [-0.4, -0.2) is 18.6 Å². The molecule has 13 heavy (non-hydrogen) atoms. The van der Waals surface area contributed by atoms with E-state index in [0.29, 0.717) is 11.5 Å². The smallest absolute Gasteiger partial charge is 0.315 e. The van der Waals surface area contributed by atoms with E-state index in [2.05, 4.69) is 17.6 Å². The van der Waals surface area contributed by atoms with Crippen LogP contribution in [0.5, 0.6) is 0 Å². The minimum absolute atomic E-state index is 0.0237. The second-order valence-corrected chi connectivity index (χ2v) is 4.77. The van der Waals surface area contributed by atoms with E-state index < -0.39 is 0 Å². The number of hydrogen-bond acceptors (Lipinski definition) is 1. The van der Waals surface area contributed by atoms with Crippen LogP contribution in [0.1, 0.15) is 39.0 Å². The van der Waals surface area contributed by atoms with E-state index in [0.717, 1.165) is 19.4 Å². The summed E-state index contributed by atoms with van der Waals surface area (Å²) in [5.41, 5.74) is 0.390. The summed E-state index contributed by atoms with van der Waals surface area (Å²) in [5.74, 6) is 0. The average Bonchev–Trinajstić information content (AvgIpc) is 2.81. The van der Waals surface area contributed by atoms with Gasteiger partial charge in [-0.05, 0) is 31.1 Å². The first kappa shape index (κ1) is 8.85. The summed E-state index contributed by atoms with van der Waals surface area (Å²) in [6.45, 7) is 3.08. The van der Waals surface area contributed by atoms with Gasteiger partial charge in [-0.2, -0.15) is 0 Å². The first-order chi connectivity index (χ1) is 6.18. The molecule has 0 saturated heterocycles. The predicted molar refractivity (Wildman–Crippen MR) is 51.5 cm³/mol. The zero-order valence-corrected chi connectivity index (χ0v) is 8.23. The number of amides is 2. The predicted octanol–water partition coefficient (Wildman–Crippen LogP) is 1.64. The molecule has 0 bridgehead atoms. The zero-order valence-electron chi connectivity index (χ0n) is 8.23. The molecule has 0 radical (unpaired) electrons. The van der Waals surface area contributed by atoms with Gasteiger partial charge in [0.25, 0.3) is 0 Å². The Hall–Kier alpha value is -0.730. The fourth-order valence-corrected chi connectivity index (χ4v) is 1.71. The van der Waals surface area contributed by atoms with Gasteiger partial charge in [-0.25, -0.2) is 4.79 Å². The maximum atomic E-state index is 11.3. The van der Waals surface area contributed by atoms with Crippen LogP contribution in [0.2, 0.25) is 0 Å². The van der Waals surface area contributed by atoms with Crippen molar-refractivity contribution in [3.8, 4) is 0 Å². The third-order valence-corrected chi connectivity index (χ3v) is 3.15. The Morgan fingerprint density at radius 2 is 2.15 bits per heavy atom. The molecule has 0 atom stereocenters. The molecule has 0 aromatic heterocycles. The van der Waals surface area contributed by atoms with Gasteiger partial charge in [-0.3, -0.25) is 0 Å². The molecule has 2 N–H and O–H groups in total. The average molecular weight is 182 g/mol. The van der Waals surface area contributed by atoms with Gasteiger partial charge in [0.1, 0.15) is 0 Å². The quantitative estimate of drug-likeness (QED) is 0.684. The van der Waals surface area contributed by atoms with Crippen molar-refractivity contribution in [2.75, 3.05) is 6.54 Å². The zero-order chi connectivity index (χ0) is 9.31. The van der Waals surface area contributed by atoms with Crippen molar-refractivity contribution in [2.45, 2.75) is 45.1 Å². The number of urea groups is 1. The van der Waals surface area contributed by atoms with Gasteiger partial charge in [-0.1, -0.05) is 13.3 Å². The van der Waals surface area contributed by atoms with Crippen molar-refractivity contribution in [3.63, 3.8) is 0 Å². The van der Waals surface area contributed by atoms with E-state index >= 15 is 0 Å². The van der Waals surface area contributed by atoms with Gasteiger partial charge in [0, 0.05) is 12.6 Å². The third-order valence-electron chi connectivity index (χ3n) is 3.15. The molecule has 2 rings (SSSR count). The number of hydrogen-bond donors (Lipinski definition) is 2. The van der Waals surface area contributed by atoms with Crippen molar-refractivity contribution in [2.24, 2.45) is 5.41 Å². The highest BCUT2D eigenvalue weighted by Crippen LogP contribution is 2.39. The van der Waals surface area contributed by atoms with Gasteiger partial charge in [-0.15, -0.1) is 0 Å². The summed E-state index contributed by atoms with van der Waals surface area (Å²) in [7, 11) is 0. The molecule has 3 nitrogen and oxygen atoms in total. The summed E-state index contributed by atoms with van der Waals surface area (Å²) >= 11 is 0. The molecule has 0 spiro atoms. The summed E-state index contributed by atoms with van der Waals surface area (Å²) in [4.78, 5) is 11.3. The molecule has 2 saturated carbocycles. The normalized spacial score (nSPS) is 24.7. The molecule has 0 heterocycles. The van der Waals surface area contributed by atoms with Crippen LogP contribution in [0.3, 0.4) is 0 Å². The van der Waals surface area contributed by atoms with Gasteiger partial charge in [0.15, 0.2) is 0 Å². The molecule has 2 aliphatic carbocycles. The lowest BCUT2D eigenvalue weighted by atomic mass is 9.70. The minimum atomic E-state index is 0.0237. The lowest BCUT2D eigenvalue weighted by molar-refractivity contribution is 0.157. The lowest BCUT2D eigenvalue weighted by Crippen LogP contribution is -2.44. The monoisotopic (exact) mass is 182 g/mol. The maximum absolute atomic E-state index is 11.3. The molecular formula is C10H18N2O. The topological polar surface area (TPSA) is 41.1 Å². The highest BCUT2D eigenvalue weighted by Gasteiger charge is 2.32. The van der Waals surface area contributed by atoms with Crippen LogP contribution < -0.4 is 10.6 Å². The number of rotatable bonds is 3. The SMILES string of the molecule is CC1(CNC(=O)NC2CC2)CCC1. The minimum Gasteiger partial charge on any atom is -0.338 e. The number of carbonyl (C=O) groups is 1. The Morgan fingerprint density at radius 3 is 2.62 bits per heavy atom. The highest BCUT2D eigenvalue weighted by atomic mass is 16.2. The Kier molecular flexibility index (Phi) is 2.18. The molecule has 0 unspecified atom stereocenters. The fourth-order valence-electron chi connectivity index (χ4n) is 1.71. The number of nitrogens with one attached hydrogen (secondary N) is 2. The molecule has 2 aliphatic rings. The molecule has 2 amide bonds. The van der Waals surface area contributed by atoms with Gasteiger partial charge in [0.2, 0.25) is 0 Å². The summed E-state index contributed by atoms with van der Waals surface area (Å²) in [6, 6.07) is 0.491. The summed E-state index contributed by atoms with van der Waals surface area (Å²) in [6.07, 6.45) is 6.16.